The number of aromatic nitrogens is 1. The first kappa shape index (κ1) is 22.4. The molecular formula is C23H30N4O2S. The van der Waals surface area contributed by atoms with Gasteiger partial charge in [0.05, 0.1) is 28.8 Å². The van der Waals surface area contributed by atoms with Gasteiger partial charge in [0.2, 0.25) is 0 Å². The van der Waals surface area contributed by atoms with Crippen molar-refractivity contribution < 1.29 is 4.74 Å². The number of pyridine rings is 1. The van der Waals surface area contributed by atoms with Crippen molar-refractivity contribution in [2.45, 2.75) is 59.2 Å². The number of fused-ring (bicyclic) bond motifs is 1. The van der Waals surface area contributed by atoms with Crippen LogP contribution in [0.5, 0.6) is 5.75 Å². The molecule has 30 heavy (non-hydrogen) atoms. The SMILES string of the molecule is CCCCOc1c(CN)n(CC(C)C)c(=O)c2ccc(C3=NC(C)(C#N)CS3)cc12. The molecule has 0 bridgehead atoms. The van der Waals surface area contributed by atoms with Crippen molar-refractivity contribution >= 4 is 27.6 Å². The highest BCUT2D eigenvalue weighted by Crippen LogP contribution is 2.34. The highest BCUT2D eigenvalue weighted by atomic mass is 32.2. The monoisotopic (exact) mass is 426 g/mol. The van der Waals surface area contributed by atoms with Crippen LogP contribution in [0.2, 0.25) is 0 Å². The summed E-state index contributed by atoms with van der Waals surface area (Å²) < 4.78 is 7.97. The van der Waals surface area contributed by atoms with Crippen LogP contribution in [-0.4, -0.2) is 27.5 Å². The van der Waals surface area contributed by atoms with Crippen LogP contribution in [0, 0.1) is 17.2 Å². The van der Waals surface area contributed by atoms with E-state index < -0.39 is 5.54 Å². The fourth-order valence-electron chi connectivity index (χ4n) is 3.54. The molecule has 0 fully saturated rings. The van der Waals surface area contributed by atoms with E-state index >= 15 is 0 Å². The number of nitriles is 1. The Hall–Kier alpha value is -2.30. The van der Waals surface area contributed by atoms with Gasteiger partial charge in [0.15, 0.2) is 5.54 Å². The van der Waals surface area contributed by atoms with Gasteiger partial charge in [0.25, 0.3) is 5.56 Å². The van der Waals surface area contributed by atoms with Crippen LogP contribution in [0.3, 0.4) is 0 Å². The van der Waals surface area contributed by atoms with Crippen molar-refractivity contribution in [3.05, 3.63) is 39.8 Å². The lowest BCUT2D eigenvalue weighted by Gasteiger charge is -2.21. The fourth-order valence-corrected chi connectivity index (χ4v) is 4.65. The maximum atomic E-state index is 13.3. The average Bonchev–Trinajstić information content (AvgIpc) is 3.13. The molecule has 3 rings (SSSR count). The Balaban J connectivity index is 2.22. The van der Waals surface area contributed by atoms with E-state index in [9.17, 15) is 10.1 Å². The predicted molar refractivity (Wildman–Crippen MR) is 124 cm³/mol. The summed E-state index contributed by atoms with van der Waals surface area (Å²) in [5.74, 6) is 1.62. The molecule has 1 atom stereocenters. The number of unbranched alkanes of at least 4 members (excludes halogenated alkanes) is 1. The van der Waals surface area contributed by atoms with Crippen LogP contribution < -0.4 is 16.0 Å². The number of benzene rings is 1. The summed E-state index contributed by atoms with van der Waals surface area (Å²) in [5, 5.41) is 11.6. The molecule has 1 aliphatic rings. The van der Waals surface area contributed by atoms with E-state index in [1.807, 2.05) is 25.1 Å². The zero-order valence-electron chi connectivity index (χ0n) is 18.2. The lowest BCUT2D eigenvalue weighted by molar-refractivity contribution is 0.304. The number of aliphatic imine (C=N–C) groups is 1. The zero-order valence-corrected chi connectivity index (χ0v) is 19.0. The Morgan fingerprint density at radius 1 is 1.40 bits per heavy atom. The summed E-state index contributed by atoms with van der Waals surface area (Å²) in [4.78, 5) is 17.9. The summed E-state index contributed by atoms with van der Waals surface area (Å²) in [7, 11) is 0. The Bertz CT molecular complexity index is 1070. The van der Waals surface area contributed by atoms with Crippen LogP contribution in [0.1, 0.15) is 51.8 Å². The second-order valence-electron chi connectivity index (χ2n) is 8.34. The molecule has 1 aliphatic heterocycles. The Morgan fingerprint density at radius 3 is 2.77 bits per heavy atom. The third-order valence-corrected chi connectivity index (χ3v) is 6.45. The fraction of sp³-hybridized carbons (Fsp3) is 0.522. The third kappa shape index (κ3) is 4.40. The molecule has 7 heteroatoms. The second kappa shape index (κ2) is 9.23. The largest absolute Gasteiger partial charge is 0.491 e. The first-order chi connectivity index (χ1) is 14.3. The number of hydrogen-bond acceptors (Lipinski definition) is 6. The Labute approximate surface area is 182 Å². The number of hydrogen-bond donors (Lipinski definition) is 1. The quantitative estimate of drug-likeness (QED) is 0.642. The van der Waals surface area contributed by atoms with E-state index in [4.69, 9.17) is 10.5 Å². The molecule has 0 aliphatic carbocycles. The van der Waals surface area contributed by atoms with Gasteiger partial charge >= 0.3 is 0 Å². The van der Waals surface area contributed by atoms with E-state index in [2.05, 4.69) is 31.8 Å². The summed E-state index contributed by atoms with van der Waals surface area (Å²) >= 11 is 1.57. The molecule has 2 N–H and O–H groups in total. The topological polar surface area (TPSA) is 93.4 Å². The van der Waals surface area contributed by atoms with Crippen molar-refractivity contribution in [3.8, 4) is 11.8 Å². The minimum Gasteiger partial charge on any atom is -0.491 e. The smallest absolute Gasteiger partial charge is 0.258 e. The van der Waals surface area contributed by atoms with Gasteiger partial charge in [-0.3, -0.25) is 9.79 Å². The molecule has 6 nitrogen and oxygen atoms in total. The van der Waals surface area contributed by atoms with Crippen LogP contribution in [0.15, 0.2) is 28.0 Å². The van der Waals surface area contributed by atoms with E-state index in [-0.39, 0.29) is 12.1 Å². The maximum absolute atomic E-state index is 13.3. The Morgan fingerprint density at radius 2 is 2.17 bits per heavy atom. The molecule has 0 radical (unpaired) electrons. The molecule has 0 saturated heterocycles. The first-order valence-corrected chi connectivity index (χ1v) is 11.5. The Kier molecular flexibility index (Phi) is 6.89. The minimum absolute atomic E-state index is 0.0450. The first-order valence-electron chi connectivity index (χ1n) is 10.5. The molecule has 0 spiro atoms. The standard InChI is InChI=1S/C23H30N4O2S/c1-5-6-9-29-20-18-10-16(21-26-23(4,13-25)14-30-21)7-8-17(18)22(28)27(12-15(2)3)19(20)11-24/h7-8,10,15H,5-6,9,11-12,14,24H2,1-4H3. The lowest BCUT2D eigenvalue weighted by Crippen LogP contribution is -2.28. The number of ether oxygens (including phenoxy) is 1. The summed E-state index contributed by atoms with van der Waals surface area (Å²) in [6, 6.07) is 8.00. The van der Waals surface area contributed by atoms with E-state index in [0.717, 1.165) is 34.5 Å². The highest BCUT2D eigenvalue weighted by Gasteiger charge is 2.31. The van der Waals surface area contributed by atoms with Gasteiger partial charge in [-0.2, -0.15) is 5.26 Å². The van der Waals surface area contributed by atoms with Crippen molar-refractivity contribution in [1.82, 2.24) is 4.57 Å². The third-order valence-electron chi connectivity index (χ3n) is 5.14. The minimum atomic E-state index is -0.710. The number of nitrogens with zero attached hydrogens (tertiary/aromatic N) is 3. The van der Waals surface area contributed by atoms with Crippen LogP contribution in [0.25, 0.3) is 10.8 Å². The van der Waals surface area contributed by atoms with Gasteiger partial charge in [-0.15, -0.1) is 11.8 Å². The molecule has 0 saturated carbocycles. The normalized spacial score (nSPS) is 18.6. The van der Waals surface area contributed by atoms with Crippen LogP contribution in [0.4, 0.5) is 0 Å². The molecular weight excluding hydrogens is 396 g/mol. The van der Waals surface area contributed by atoms with E-state index in [1.54, 1.807) is 16.3 Å². The molecule has 1 unspecified atom stereocenters. The molecule has 0 amide bonds. The van der Waals surface area contributed by atoms with Crippen LogP contribution in [-0.2, 0) is 13.1 Å². The van der Waals surface area contributed by atoms with Crippen molar-refractivity contribution in [2.75, 3.05) is 12.4 Å². The van der Waals surface area contributed by atoms with Gasteiger partial charge < -0.3 is 15.0 Å². The van der Waals surface area contributed by atoms with Crippen molar-refractivity contribution in [1.29, 1.82) is 5.26 Å². The van der Waals surface area contributed by atoms with Gasteiger partial charge in [0.1, 0.15) is 5.75 Å². The molecule has 160 valence electrons. The number of thioether (sulfide) groups is 1. The highest BCUT2D eigenvalue weighted by molar-refractivity contribution is 8.14. The van der Waals surface area contributed by atoms with Gasteiger partial charge in [-0.1, -0.05) is 33.3 Å². The number of nitrogens with two attached hydrogens (primary N) is 1. The summed E-state index contributed by atoms with van der Waals surface area (Å²) in [6.07, 6.45) is 1.95. The average molecular weight is 427 g/mol. The lowest BCUT2D eigenvalue weighted by atomic mass is 10.0. The molecule has 1 aromatic heterocycles. The summed E-state index contributed by atoms with van der Waals surface area (Å²) in [6.45, 7) is 9.51. The van der Waals surface area contributed by atoms with Crippen molar-refractivity contribution in [2.24, 2.45) is 16.6 Å². The maximum Gasteiger partial charge on any atom is 0.258 e. The second-order valence-corrected chi connectivity index (χ2v) is 9.31. The molecule has 2 heterocycles. The van der Waals surface area contributed by atoms with Crippen molar-refractivity contribution in [3.63, 3.8) is 0 Å². The molecule has 1 aromatic carbocycles. The predicted octanol–water partition coefficient (Wildman–Crippen LogP) is 4.07. The van der Waals surface area contributed by atoms with Gasteiger partial charge in [-0.05, 0) is 31.4 Å². The number of rotatable bonds is 8. The summed E-state index contributed by atoms with van der Waals surface area (Å²) in [5.41, 5.74) is 6.98. The van der Waals surface area contributed by atoms with Gasteiger partial charge in [0, 0.05) is 29.8 Å². The van der Waals surface area contributed by atoms with Crippen LogP contribution >= 0.6 is 11.8 Å². The van der Waals surface area contributed by atoms with E-state index in [0.29, 0.717) is 36.0 Å². The van der Waals surface area contributed by atoms with Gasteiger partial charge in [-0.25, -0.2) is 0 Å². The van der Waals surface area contributed by atoms with E-state index in [1.165, 1.54) is 0 Å². The molecule has 2 aromatic rings. The zero-order chi connectivity index (χ0) is 21.9.